The zero-order chi connectivity index (χ0) is 15.0. The maximum atomic E-state index is 13.3. The SMILES string of the molecule is Cc1cc(C)c(C(=O)c2cc(F)c(F)cc2Cl)cc1N. The van der Waals surface area contributed by atoms with E-state index < -0.39 is 17.4 Å². The molecule has 2 aromatic carbocycles. The van der Waals surface area contributed by atoms with Crippen molar-refractivity contribution in [1.82, 2.24) is 0 Å². The Balaban J connectivity index is 2.57. The number of carbonyl (C=O) groups is 1. The summed E-state index contributed by atoms with van der Waals surface area (Å²) in [6.45, 7) is 3.56. The summed E-state index contributed by atoms with van der Waals surface area (Å²) in [7, 11) is 0. The highest BCUT2D eigenvalue weighted by Crippen LogP contribution is 2.26. The van der Waals surface area contributed by atoms with E-state index in [2.05, 4.69) is 0 Å². The molecule has 2 nitrogen and oxygen atoms in total. The van der Waals surface area contributed by atoms with Crippen LogP contribution in [0.15, 0.2) is 24.3 Å². The molecule has 0 aromatic heterocycles. The van der Waals surface area contributed by atoms with E-state index in [0.717, 1.165) is 17.7 Å². The lowest BCUT2D eigenvalue weighted by Gasteiger charge is -2.10. The van der Waals surface area contributed by atoms with E-state index in [1.165, 1.54) is 6.07 Å². The monoisotopic (exact) mass is 295 g/mol. The van der Waals surface area contributed by atoms with Crippen molar-refractivity contribution in [2.24, 2.45) is 0 Å². The molecule has 0 saturated heterocycles. The van der Waals surface area contributed by atoms with Crippen LogP contribution in [0.5, 0.6) is 0 Å². The predicted molar refractivity (Wildman–Crippen MR) is 75.1 cm³/mol. The van der Waals surface area contributed by atoms with Crippen molar-refractivity contribution in [3.63, 3.8) is 0 Å². The number of hydrogen-bond donors (Lipinski definition) is 1. The Kier molecular flexibility index (Phi) is 3.77. The van der Waals surface area contributed by atoms with Gasteiger partial charge in [-0.2, -0.15) is 0 Å². The van der Waals surface area contributed by atoms with Gasteiger partial charge in [-0.15, -0.1) is 0 Å². The molecule has 0 bridgehead atoms. The summed E-state index contributed by atoms with van der Waals surface area (Å²) in [5.74, 6) is -2.69. The van der Waals surface area contributed by atoms with Crippen molar-refractivity contribution < 1.29 is 13.6 Å². The minimum Gasteiger partial charge on any atom is -0.398 e. The molecule has 0 aliphatic rings. The van der Waals surface area contributed by atoms with Crippen molar-refractivity contribution in [2.75, 3.05) is 5.73 Å². The van der Waals surface area contributed by atoms with Crippen LogP contribution in [0.2, 0.25) is 5.02 Å². The van der Waals surface area contributed by atoms with Crippen LogP contribution in [-0.2, 0) is 0 Å². The molecule has 2 aromatic rings. The number of carbonyl (C=O) groups excluding carboxylic acids is 1. The average molecular weight is 296 g/mol. The molecular weight excluding hydrogens is 284 g/mol. The molecule has 0 aliphatic carbocycles. The van der Waals surface area contributed by atoms with E-state index in [1.54, 1.807) is 13.0 Å². The van der Waals surface area contributed by atoms with Gasteiger partial charge in [-0.25, -0.2) is 8.78 Å². The van der Waals surface area contributed by atoms with Crippen LogP contribution >= 0.6 is 11.6 Å². The topological polar surface area (TPSA) is 43.1 Å². The van der Waals surface area contributed by atoms with Crippen molar-refractivity contribution >= 4 is 23.1 Å². The third-order valence-electron chi connectivity index (χ3n) is 3.11. The van der Waals surface area contributed by atoms with Crippen LogP contribution in [0, 0.1) is 25.5 Å². The Bertz CT molecular complexity index is 654. The molecule has 0 saturated carbocycles. The first-order chi connectivity index (χ1) is 9.31. The Morgan fingerprint density at radius 3 is 2.25 bits per heavy atom. The van der Waals surface area contributed by atoms with Gasteiger partial charge in [0.05, 0.1) is 5.02 Å². The number of halogens is 3. The van der Waals surface area contributed by atoms with Crippen molar-refractivity contribution in [3.05, 3.63) is 63.2 Å². The number of aryl methyl sites for hydroxylation is 2. The number of anilines is 1. The zero-order valence-corrected chi connectivity index (χ0v) is 11.7. The highest BCUT2D eigenvalue weighted by atomic mass is 35.5. The van der Waals surface area contributed by atoms with Crippen LogP contribution in [0.3, 0.4) is 0 Å². The molecule has 2 rings (SSSR count). The fourth-order valence-corrected chi connectivity index (χ4v) is 2.19. The summed E-state index contributed by atoms with van der Waals surface area (Å²) in [6, 6.07) is 4.87. The van der Waals surface area contributed by atoms with Crippen LogP contribution < -0.4 is 5.73 Å². The molecule has 0 atom stereocenters. The van der Waals surface area contributed by atoms with Gasteiger partial charge in [-0.1, -0.05) is 17.7 Å². The molecule has 0 unspecified atom stereocenters. The molecule has 0 heterocycles. The van der Waals surface area contributed by atoms with Gasteiger partial charge < -0.3 is 5.73 Å². The van der Waals surface area contributed by atoms with E-state index in [1.807, 2.05) is 6.92 Å². The molecule has 20 heavy (non-hydrogen) atoms. The Morgan fingerprint density at radius 1 is 1.00 bits per heavy atom. The number of benzene rings is 2. The van der Waals surface area contributed by atoms with Crippen LogP contribution in [0.1, 0.15) is 27.0 Å². The van der Waals surface area contributed by atoms with Gasteiger partial charge in [0.1, 0.15) is 0 Å². The van der Waals surface area contributed by atoms with E-state index >= 15 is 0 Å². The lowest BCUT2D eigenvalue weighted by atomic mass is 9.96. The minimum absolute atomic E-state index is 0.0862. The maximum Gasteiger partial charge on any atom is 0.194 e. The second kappa shape index (κ2) is 5.21. The second-order valence-corrected chi connectivity index (χ2v) is 5.01. The third kappa shape index (κ3) is 2.51. The second-order valence-electron chi connectivity index (χ2n) is 4.60. The molecule has 0 fully saturated rings. The molecule has 104 valence electrons. The van der Waals surface area contributed by atoms with Crippen molar-refractivity contribution in [2.45, 2.75) is 13.8 Å². The Labute approximate surface area is 120 Å². The standard InChI is InChI=1S/C15H12ClF2NO/c1-7-3-8(2)14(19)5-9(7)15(20)10-4-12(17)13(18)6-11(10)16/h3-6H,19H2,1-2H3. The van der Waals surface area contributed by atoms with E-state index in [4.69, 9.17) is 17.3 Å². The van der Waals surface area contributed by atoms with Gasteiger partial charge in [0.15, 0.2) is 17.4 Å². The third-order valence-corrected chi connectivity index (χ3v) is 3.42. The predicted octanol–water partition coefficient (Wildman–Crippen LogP) is 4.05. The first kappa shape index (κ1) is 14.5. The lowest BCUT2D eigenvalue weighted by Crippen LogP contribution is -2.07. The normalized spacial score (nSPS) is 10.7. The maximum absolute atomic E-state index is 13.3. The molecule has 2 N–H and O–H groups in total. The van der Waals surface area contributed by atoms with Crippen molar-refractivity contribution in [3.8, 4) is 0 Å². The first-order valence-corrected chi connectivity index (χ1v) is 6.25. The summed E-state index contributed by atoms with van der Waals surface area (Å²) >= 11 is 5.81. The Morgan fingerprint density at radius 2 is 1.60 bits per heavy atom. The Hall–Kier alpha value is -1.94. The van der Waals surface area contributed by atoms with Gasteiger partial charge in [0.25, 0.3) is 0 Å². The molecule has 0 amide bonds. The smallest absolute Gasteiger partial charge is 0.194 e. The van der Waals surface area contributed by atoms with Crippen LogP contribution in [0.25, 0.3) is 0 Å². The molecular formula is C15H12ClF2NO. The van der Waals surface area contributed by atoms with Gasteiger partial charge in [0.2, 0.25) is 0 Å². The largest absolute Gasteiger partial charge is 0.398 e. The number of ketones is 1. The van der Waals surface area contributed by atoms with E-state index in [-0.39, 0.29) is 10.6 Å². The highest BCUT2D eigenvalue weighted by Gasteiger charge is 2.19. The number of rotatable bonds is 2. The quantitative estimate of drug-likeness (QED) is 0.516. The van der Waals surface area contributed by atoms with Gasteiger partial charge in [-0.05, 0) is 43.2 Å². The summed E-state index contributed by atoms with van der Waals surface area (Å²) in [5.41, 5.74) is 8.01. The molecule has 5 heteroatoms. The lowest BCUT2D eigenvalue weighted by molar-refractivity contribution is 0.103. The van der Waals surface area contributed by atoms with Gasteiger partial charge in [0, 0.05) is 16.8 Å². The highest BCUT2D eigenvalue weighted by molar-refractivity contribution is 6.35. The van der Waals surface area contributed by atoms with Gasteiger partial charge >= 0.3 is 0 Å². The van der Waals surface area contributed by atoms with Gasteiger partial charge in [-0.3, -0.25) is 4.79 Å². The number of nitrogens with two attached hydrogens (primary N) is 1. The summed E-state index contributed by atoms with van der Waals surface area (Å²) < 4.78 is 26.3. The van der Waals surface area contributed by atoms with Crippen LogP contribution in [-0.4, -0.2) is 5.78 Å². The molecule has 0 aliphatic heterocycles. The summed E-state index contributed by atoms with van der Waals surface area (Å²) in [6.07, 6.45) is 0. The summed E-state index contributed by atoms with van der Waals surface area (Å²) in [5, 5.41) is -0.132. The van der Waals surface area contributed by atoms with E-state index in [9.17, 15) is 13.6 Å². The minimum atomic E-state index is -1.12. The number of hydrogen-bond acceptors (Lipinski definition) is 2. The van der Waals surface area contributed by atoms with E-state index in [0.29, 0.717) is 16.8 Å². The molecule has 0 radical (unpaired) electrons. The van der Waals surface area contributed by atoms with Crippen LogP contribution in [0.4, 0.5) is 14.5 Å². The molecule has 0 spiro atoms. The zero-order valence-electron chi connectivity index (χ0n) is 10.9. The average Bonchev–Trinajstić information content (AvgIpc) is 2.37. The first-order valence-electron chi connectivity index (χ1n) is 5.87. The van der Waals surface area contributed by atoms with Crippen molar-refractivity contribution in [1.29, 1.82) is 0 Å². The fourth-order valence-electron chi connectivity index (χ4n) is 1.96. The number of nitrogen functional groups attached to an aromatic ring is 1. The fraction of sp³-hybridized carbons (Fsp3) is 0.133. The summed E-state index contributed by atoms with van der Waals surface area (Å²) in [4.78, 5) is 12.4.